The van der Waals surface area contributed by atoms with Gasteiger partial charge < -0.3 is 14.7 Å². The van der Waals surface area contributed by atoms with Crippen LogP contribution in [-0.2, 0) is 0 Å². The van der Waals surface area contributed by atoms with E-state index in [2.05, 4.69) is 15.0 Å². The van der Waals surface area contributed by atoms with Gasteiger partial charge in [-0.2, -0.15) is 15.0 Å². The summed E-state index contributed by atoms with van der Waals surface area (Å²) in [5.74, 6) is 0.476. The Morgan fingerprint density at radius 3 is 2.65 bits per heavy atom. The van der Waals surface area contributed by atoms with Crippen molar-refractivity contribution in [2.45, 2.75) is 20.3 Å². The molecule has 1 N–H and O–H groups in total. The summed E-state index contributed by atoms with van der Waals surface area (Å²) in [7, 11) is 0. The highest BCUT2D eigenvalue weighted by Crippen LogP contribution is 2.15. The minimum atomic E-state index is 0.112. The highest BCUT2D eigenvalue weighted by Gasteiger charge is 2.11. The van der Waals surface area contributed by atoms with Crippen LogP contribution in [0.3, 0.4) is 0 Å². The van der Waals surface area contributed by atoms with Crippen LogP contribution in [0.25, 0.3) is 0 Å². The standard InChI is InChI=1S/C10H17ClN4O2/c1-3-15(6-5-7-16)9-12-8(11)13-10(14-9)17-4-2/h16H,3-7H2,1-2H3. The van der Waals surface area contributed by atoms with Crippen LogP contribution in [0.15, 0.2) is 0 Å². The molecule has 0 aliphatic carbocycles. The van der Waals surface area contributed by atoms with Crippen molar-refractivity contribution in [2.24, 2.45) is 0 Å². The Bertz CT molecular complexity index is 351. The lowest BCUT2D eigenvalue weighted by Crippen LogP contribution is -2.27. The molecule has 96 valence electrons. The second-order valence-electron chi connectivity index (χ2n) is 3.28. The molecule has 0 aliphatic rings. The molecule has 6 nitrogen and oxygen atoms in total. The predicted molar refractivity (Wildman–Crippen MR) is 65.6 cm³/mol. The molecule has 0 saturated carbocycles. The van der Waals surface area contributed by atoms with Crippen LogP contribution in [0.1, 0.15) is 20.3 Å². The van der Waals surface area contributed by atoms with Gasteiger partial charge in [0, 0.05) is 19.7 Å². The van der Waals surface area contributed by atoms with Crippen LogP contribution in [-0.4, -0.2) is 46.4 Å². The number of hydrogen-bond acceptors (Lipinski definition) is 6. The number of ether oxygens (including phenoxy) is 1. The topological polar surface area (TPSA) is 71.4 Å². The Labute approximate surface area is 106 Å². The van der Waals surface area contributed by atoms with Crippen molar-refractivity contribution in [3.8, 4) is 6.01 Å². The zero-order valence-electron chi connectivity index (χ0n) is 10.1. The fourth-order valence-electron chi connectivity index (χ4n) is 1.32. The highest BCUT2D eigenvalue weighted by atomic mass is 35.5. The van der Waals surface area contributed by atoms with Gasteiger partial charge in [-0.05, 0) is 31.9 Å². The van der Waals surface area contributed by atoms with Crippen LogP contribution >= 0.6 is 11.6 Å². The maximum atomic E-state index is 8.82. The number of halogens is 1. The largest absolute Gasteiger partial charge is 0.464 e. The van der Waals surface area contributed by atoms with E-state index in [4.69, 9.17) is 21.4 Å². The van der Waals surface area contributed by atoms with Gasteiger partial charge in [0.2, 0.25) is 11.2 Å². The highest BCUT2D eigenvalue weighted by molar-refractivity contribution is 6.28. The van der Waals surface area contributed by atoms with Gasteiger partial charge in [-0.15, -0.1) is 0 Å². The minimum absolute atomic E-state index is 0.112. The summed E-state index contributed by atoms with van der Waals surface area (Å²) < 4.78 is 5.20. The second-order valence-corrected chi connectivity index (χ2v) is 3.61. The minimum Gasteiger partial charge on any atom is -0.464 e. The van der Waals surface area contributed by atoms with Gasteiger partial charge in [-0.3, -0.25) is 0 Å². The van der Waals surface area contributed by atoms with Crippen molar-refractivity contribution in [3.63, 3.8) is 0 Å². The Kier molecular flexibility index (Phi) is 5.93. The van der Waals surface area contributed by atoms with Crippen LogP contribution in [0.5, 0.6) is 6.01 Å². The van der Waals surface area contributed by atoms with Gasteiger partial charge in [-0.1, -0.05) is 0 Å². The van der Waals surface area contributed by atoms with E-state index in [-0.39, 0.29) is 17.9 Å². The lowest BCUT2D eigenvalue weighted by molar-refractivity contribution is 0.289. The summed E-state index contributed by atoms with van der Waals surface area (Å²) in [6.07, 6.45) is 0.654. The number of anilines is 1. The molecule has 1 heterocycles. The number of aromatic nitrogens is 3. The SMILES string of the molecule is CCOc1nc(Cl)nc(N(CC)CCCO)n1. The summed E-state index contributed by atoms with van der Waals surface area (Å²) in [5, 5.41) is 8.93. The molecule has 0 fully saturated rings. The maximum Gasteiger partial charge on any atom is 0.322 e. The van der Waals surface area contributed by atoms with E-state index in [1.807, 2.05) is 18.7 Å². The van der Waals surface area contributed by atoms with Crippen molar-refractivity contribution < 1.29 is 9.84 Å². The summed E-state index contributed by atoms with van der Waals surface area (Å²) in [4.78, 5) is 14.0. The molecular weight excluding hydrogens is 244 g/mol. The summed E-state index contributed by atoms with van der Waals surface area (Å²) in [6.45, 7) is 5.83. The van der Waals surface area contributed by atoms with Gasteiger partial charge in [0.25, 0.3) is 0 Å². The van der Waals surface area contributed by atoms with E-state index in [9.17, 15) is 0 Å². The smallest absolute Gasteiger partial charge is 0.322 e. The predicted octanol–water partition coefficient (Wildman–Crippen LogP) is 1.13. The van der Waals surface area contributed by atoms with Gasteiger partial charge in [0.1, 0.15) is 0 Å². The Balaban J connectivity index is 2.85. The van der Waals surface area contributed by atoms with Crippen LogP contribution < -0.4 is 9.64 Å². The molecule has 0 atom stereocenters. The first kappa shape index (κ1) is 13.9. The quantitative estimate of drug-likeness (QED) is 0.793. The van der Waals surface area contributed by atoms with Crippen molar-refractivity contribution in [2.75, 3.05) is 31.2 Å². The fourth-order valence-corrected chi connectivity index (χ4v) is 1.47. The van der Waals surface area contributed by atoms with Crippen LogP contribution in [0, 0.1) is 0 Å². The maximum absolute atomic E-state index is 8.82. The van der Waals surface area contributed by atoms with Crippen molar-refractivity contribution in [1.29, 1.82) is 0 Å². The first-order chi connectivity index (χ1) is 8.21. The van der Waals surface area contributed by atoms with Gasteiger partial charge in [0.05, 0.1) is 6.61 Å². The Morgan fingerprint density at radius 2 is 2.06 bits per heavy atom. The molecule has 0 amide bonds. The molecule has 0 aliphatic heterocycles. The molecule has 0 radical (unpaired) electrons. The first-order valence-corrected chi connectivity index (χ1v) is 5.99. The molecule has 1 rings (SSSR count). The molecular formula is C10H17ClN4O2. The molecule has 1 aromatic heterocycles. The lowest BCUT2D eigenvalue weighted by Gasteiger charge is -2.20. The number of aliphatic hydroxyl groups is 1. The average molecular weight is 261 g/mol. The molecule has 1 aromatic rings. The molecule has 0 spiro atoms. The first-order valence-electron chi connectivity index (χ1n) is 5.61. The fraction of sp³-hybridized carbons (Fsp3) is 0.700. The van der Waals surface area contributed by atoms with Crippen molar-refractivity contribution in [1.82, 2.24) is 15.0 Å². The molecule has 0 unspecified atom stereocenters. The van der Waals surface area contributed by atoms with Crippen LogP contribution in [0.2, 0.25) is 5.28 Å². The monoisotopic (exact) mass is 260 g/mol. The van der Waals surface area contributed by atoms with E-state index in [0.29, 0.717) is 25.5 Å². The molecule has 17 heavy (non-hydrogen) atoms. The summed E-state index contributed by atoms with van der Waals surface area (Å²) >= 11 is 5.80. The second kappa shape index (κ2) is 7.24. The normalized spacial score (nSPS) is 10.4. The molecule has 0 aromatic carbocycles. The lowest BCUT2D eigenvalue weighted by atomic mass is 10.4. The van der Waals surface area contributed by atoms with Crippen molar-refractivity contribution in [3.05, 3.63) is 5.28 Å². The van der Waals surface area contributed by atoms with Crippen molar-refractivity contribution >= 4 is 17.5 Å². The van der Waals surface area contributed by atoms with Gasteiger partial charge in [0.15, 0.2) is 0 Å². The van der Waals surface area contributed by atoms with Crippen LogP contribution in [0.4, 0.5) is 5.95 Å². The molecule has 7 heteroatoms. The third-order valence-electron chi connectivity index (χ3n) is 2.10. The number of aliphatic hydroxyl groups excluding tert-OH is 1. The Morgan fingerprint density at radius 1 is 1.29 bits per heavy atom. The third kappa shape index (κ3) is 4.32. The van der Waals surface area contributed by atoms with E-state index in [1.165, 1.54) is 0 Å². The summed E-state index contributed by atoms with van der Waals surface area (Å²) in [6, 6.07) is 0.227. The van der Waals surface area contributed by atoms with Gasteiger partial charge in [-0.25, -0.2) is 0 Å². The number of nitrogens with zero attached hydrogens (tertiary/aromatic N) is 4. The van der Waals surface area contributed by atoms with E-state index < -0.39 is 0 Å². The van der Waals surface area contributed by atoms with E-state index in [1.54, 1.807) is 0 Å². The molecule has 0 saturated heterocycles. The average Bonchev–Trinajstić information content (AvgIpc) is 2.30. The Hall–Kier alpha value is -1.14. The van der Waals surface area contributed by atoms with Gasteiger partial charge >= 0.3 is 6.01 Å². The third-order valence-corrected chi connectivity index (χ3v) is 2.27. The number of rotatable bonds is 7. The summed E-state index contributed by atoms with van der Waals surface area (Å²) in [5.41, 5.74) is 0. The molecule has 0 bridgehead atoms. The van der Waals surface area contributed by atoms with E-state index in [0.717, 1.165) is 6.54 Å². The van der Waals surface area contributed by atoms with E-state index >= 15 is 0 Å². The zero-order chi connectivity index (χ0) is 12.7. The number of hydrogen-bond donors (Lipinski definition) is 1. The zero-order valence-corrected chi connectivity index (χ0v) is 10.8.